The molecule has 0 bridgehead atoms. The molecule has 1 N–H and O–H groups in total. The van der Waals surface area contributed by atoms with Crippen molar-refractivity contribution in [3.8, 4) is 0 Å². The molecule has 0 unspecified atom stereocenters. The van der Waals surface area contributed by atoms with Crippen LogP contribution < -0.4 is 5.32 Å². The molecule has 0 heterocycles. The third-order valence-corrected chi connectivity index (χ3v) is 2.13. The second kappa shape index (κ2) is 11.5. The fourth-order valence-electron chi connectivity index (χ4n) is 1.23. The fourth-order valence-corrected chi connectivity index (χ4v) is 1.23. The van der Waals surface area contributed by atoms with Crippen molar-refractivity contribution in [3.05, 3.63) is 12.3 Å². The van der Waals surface area contributed by atoms with Crippen molar-refractivity contribution in [1.29, 1.82) is 0 Å². The van der Waals surface area contributed by atoms with Gasteiger partial charge in [0.25, 0.3) is 0 Å². The number of nitrogens with one attached hydrogen (secondary N) is 1. The Balaban J connectivity index is 2.93. The first-order chi connectivity index (χ1) is 6.41. The molecule has 0 aliphatic carbocycles. The molecule has 0 spiro atoms. The number of hydrogen-bond acceptors (Lipinski definition) is 1. The Kier molecular flexibility index (Phi) is 11.1. The quantitative estimate of drug-likeness (QED) is 0.535. The summed E-state index contributed by atoms with van der Waals surface area (Å²) in [6.45, 7) is 5.62. The molecule has 1 nitrogen and oxygen atoms in total. The predicted molar refractivity (Wildman–Crippen MR) is 60.8 cm³/mol. The van der Waals surface area contributed by atoms with E-state index in [0.29, 0.717) is 0 Å². The lowest BCUT2D eigenvalue weighted by molar-refractivity contribution is 0.645. The molecule has 0 aromatic heterocycles. The molecular weight excluding hydrogens is 158 g/mol. The predicted octanol–water partition coefficient (Wildman–Crippen LogP) is 3.86. The molecular formula is C12H25N. The Morgan fingerprint density at radius 2 is 1.69 bits per heavy atom. The van der Waals surface area contributed by atoms with E-state index in [-0.39, 0.29) is 0 Å². The summed E-state index contributed by atoms with van der Waals surface area (Å²) in [5, 5.41) is 3.32. The van der Waals surface area contributed by atoms with E-state index in [1.54, 1.807) is 0 Å². The Labute approximate surface area is 83.6 Å². The van der Waals surface area contributed by atoms with Gasteiger partial charge in [-0.1, -0.05) is 52.0 Å². The van der Waals surface area contributed by atoms with Crippen molar-refractivity contribution in [3.63, 3.8) is 0 Å². The minimum absolute atomic E-state index is 1.14. The summed E-state index contributed by atoms with van der Waals surface area (Å²) in [5.74, 6) is 0. The second-order valence-electron chi connectivity index (χ2n) is 3.56. The van der Waals surface area contributed by atoms with Gasteiger partial charge < -0.3 is 5.32 Å². The molecule has 0 rings (SSSR count). The van der Waals surface area contributed by atoms with Crippen LogP contribution in [0.15, 0.2) is 12.3 Å². The van der Waals surface area contributed by atoms with E-state index in [9.17, 15) is 0 Å². The molecule has 0 aromatic rings. The first kappa shape index (κ1) is 12.5. The normalized spacial score (nSPS) is 10.9. The van der Waals surface area contributed by atoms with Crippen molar-refractivity contribution < 1.29 is 0 Å². The first-order valence-electron chi connectivity index (χ1n) is 5.80. The van der Waals surface area contributed by atoms with E-state index < -0.39 is 0 Å². The van der Waals surface area contributed by atoms with Gasteiger partial charge in [0.15, 0.2) is 0 Å². The smallest absolute Gasteiger partial charge is 0.0141 e. The van der Waals surface area contributed by atoms with Gasteiger partial charge in [-0.05, 0) is 19.0 Å². The number of allylic oxidation sites excluding steroid dienone is 1. The zero-order valence-electron chi connectivity index (χ0n) is 9.31. The molecule has 0 atom stereocenters. The third kappa shape index (κ3) is 11.5. The Morgan fingerprint density at radius 1 is 0.923 bits per heavy atom. The SMILES string of the molecule is CCCC/C=C/NCCCCCC. The summed E-state index contributed by atoms with van der Waals surface area (Å²) in [6.07, 6.45) is 13.6. The van der Waals surface area contributed by atoms with Crippen molar-refractivity contribution >= 4 is 0 Å². The Bertz CT molecular complexity index is 108. The monoisotopic (exact) mass is 183 g/mol. The van der Waals surface area contributed by atoms with Crippen molar-refractivity contribution in [2.24, 2.45) is 0 Å². The van der Waals surface area contributed by atoms with Gasteiger partial charge in [-0.3, -0.25) is 0 Å². The summed E-state index contributed by atoms with van der Waals surface area (Å²) < 4.78 is 0. The molecule has 13 heavy (non-hydrogen) atoms. The van der Waals surface area contributed by atoms with Crippen LogP contribution in [0.5, 0.6) is 0 Å². The maximum Gasteiger partial charge on any atom is 0.0141 e. The summed E-state index contributed by atoms with van der Waals surface area (Å²) in [7, 11) is 0. The van der Waals surface area contributed by atoms with E-state index in [1.165, 1.54) is 44.9 Å². The van der Waals surface area contributed by atoms with Crippen LogP contribution in [0, 0.1) is 0 Å². The average Bonchev–Trinajstić information content (AvgIpc) is 2.16. The molecule has 1 heteroatoms. The molecule has 0 aliphatic rings. The summed E-state index contributed by atoms with van der Waals surface area (Å²) in [5.41, 5.74) is 0. The third-order valence-electron chi connectivity index (χ3n) is 2.13. The van der Waals surface area contributed by atoms with E-state index in [2.05, 4.69) is 31.4 Å². The maximum atomic E-state index is 3.32. The van der Waals surface area contributed by atoms with E-state index >= 15 is 0 Å². The lowest BCUT2D eigenvalue weighted by atomic mass is 10.2. The maximum absolute atomic E-state index is 3.32. The number of rotatable bonds is 9. The van der Waals surface area contributed by atoms with Crippen molar-refractivity contribution in [2.75, 3.05) is 6.54 Å². The van der Waals surface area contributed by atoms with E-state index in [4.69, 9.17) is 0 Å². The minimum Gasteiger partial charge on any atom is -0.391 e. The molecule has 0 fully saturated rings. The van der Waals surface area contributed by atoms with Crippen molar-refractivity contribution in [1.82, 2.24) is 5.32 Å². The molecule has 0 aromatic carbocycles. The van der Waals surface area contributed by atoms with Gasteiger partial charge in [0.2, 0.25) is 0 Å². The van der Waals surface area contributed by atoms with Gasteiger partial charge in [0.05, 0.1) is 0 Å². The van der Waals surface area contributed by atoms with Crippen LogP contribution in [-0.2, 0) is 0 Å². The van der Waals surface area contributed by atoms with Crippen LogP contribution in [-0.4, -0.2) is 6.54 Å². The van der Waals surface area contributed by atoms with E-state index in [1.807, 2.05) is 0 Å². The zero-order chi connectivity index (χ0) is 9.78. The minimum atomic E-state index is 1.14. The first-order valence-corrected chi connectivity index (χ1v) is 5.80. The summed E-state index contributed by atoms with van der Waals surface area (Å²) >= 11 is 0. The van der Waals surface area contributed by atoms with Crippen LogP contribution in [0.2, 0.25) is 0 Å². The standard InChI is InChI=1S/C12H25N/c1-3-5-7-9-11-13-12-10-8-6-4-2/h9,11,13H,3-8,10,12H2,1-2H3/b11-9+. The highest BCUT2D eigenvalue weighted by Gasteiger charge is 1.84. The Morgan fingerprint density at radius 3 is 2.38 bits per heavy atom. The van der Waals surface area contributed by atoms with Crippen LogP contribution >= 0.6 is 0 Å². The summed E-state index contributed by atoms with van der Waals surface area (Å²) in [4.78, 5) is 0. The molecule has 0 aliphatic heterocycles. The Hall–Kier alpha value is -0.460. The van der Waals surface area contributed by atoms with Crippen molar-refractivity contribution in [2.45, 2.75) is 58.8 Å². The van der Waals surface area contributed by atoms with Gasteiger partial charge in [0, 0.05) is 6.54 Å². The number of unbranched alkanes of at least 4 members (excludes halogenated alkanes) is 5. The fraction of sp³-hybridized carbons (Fsp3) is 0.833. The molecule has 0 saturated heterocycles. The lowest BCUT2D eigenvalue weighted by Gasteiger charge is -1.99. The zero-order valence-corrected chi connectivity index (χ0v) is 9.31. The topological polar surface area (TPSA) is 12.0 Å². The van der Waals surface area contributed by atoms with Gasteiger partial charge in [-0.2, -0.15) is 0 Å². The number of hydrogen-bond donors (Lipinski definition) is 1. The lowest BCUT2D eigenvalue weighted by Crippen LogP contribution is -2.06. The molecule has 78 valence electrons. The van der Waals surface area contributed by atoms with Gasteiger partial charge in [-0.15, -0.1) is 0 Å². The molecule has 0 radical (unpaired) electrons. The van der Waals surface area contributed by atoms with Crippen LogP contribution in [0.3, 0.4) is 0 Å². The van der Waals surface area contributed by atoms with Crippen LogP contribution in [0.25, 0.3) is 0 Å². The van der Waals surface area contributed by atoms with E-state index in [0.717, 1.165) is 6.54 Å². The summed E-state index contributed by atoms with van der Waals surface area (Å²) in [6, 6.07) is 0. The molecule has 0 saturated carbocycles. The second-order valence-corrected chi connectivity index (χ2v) is 3.56. The highest BCUT2D eigenvalue weighted by molar-refractivity contribution is 4.78. The van der Waals surface area contributed by atoms with Crippen LogP contribution in [0.1, 0.15) is 58.8 Å². The largest absolute Gasteiger partial charge is 0.391 e. The molecule has 0 amide bonds. The highest BCUT2D eigenvalue weighted by atomic mass is 14.8. The van der Waals surface area contributed by atoms with Gasteiger partial charge >= 0.3 is 0 Å². The average molecular weight is 183 g/mol. The highest BCUT2D eigenvalue weighted by Crippen LogP contribution is 1.97. The van der Waals surface area contributed by atoms with Gasteiger partial charge in [-0.25, -0.2) is 0 Å². The van der Waals surface area contributed by atoms with Crippen LogP contribution in [0.4, 0.5) is 0 Å². The van der Waals surface area contributed by atoms with Gasteiger partial charge in [0.1, 0.15) is 0 Å².